The van der Waals surface area contributed by atoms with E-state index in [0.29, 0.717) is 34.1 Å². The molecule has 0 radical (unpaired) electrons. The van der Waals surface area contributed by atoms with Gasteiger partial charge < -0.3 is 9.47 Å². The maximum absolute atomic E-state index is 13.9. The highest BCUT2D eigenvalue weighted by Gasteiger charge is 2.13. The first-order valence-corrected chi connectivity index (χ1v) is 9.83. The Balaban J connectivity index is 1.68. The van der Waals surface area contributed by atoms with E-state index in [0.717, 1.165) is 5.56 Å². The number of nitrogens with zero attached hydrogens (tertiary/aromatic N) is 3. The molecule has 0 bridgehead atoms. The summed E-state index contributed by atoms with van der Waals surface area (Å²) in [5.74, 6) is 1.77. The Morgan fingerprint density at radius 2 is 2.00 bits per heavy atom. The zero-order chi connectivity index (χ0) is 19.9. The molecule has 0 spiro atoms. The summed E-state index contributed by atoms with van der Waals surface area (Å²) in [5.41, 5.74) is 0.829. The van der Waals surface area contributed by atoms with Gasteiger partial charge in [-0.1, -0.05) is 35.5 Å². The van der Waals surface area contributed by atoms with Gasteiger partial charge in [-0.05, 0) is 42.0 Å². The number of aromatic nitrogens is 3. The average molecular weight is 420 g/mol. The van der Waals surface area contributed by atoms with Crippen molar-refractivity contribution in [2.24, 2.45) is 0 Å². The second-order valence-corrected chi connectivity index (χ2v) is 7.18. The first-order valence-electron chi connectivity index (χ1n) is 8.47. The summed E-state index contributed by atoms with van der Waals surface area (Å²) in [5, 5.41) is 9.83. The van der Waals surface area contributed by atoms with Crippen molar-refractivity contribution in [3.05, 3.63) is 77.3 Å². The lowest BCUT2D eigenvalue weighted by Crippen LogP contribution is -2.07. The van der Waals surface area contributed by atoms with Crippen LogP contribution in [0.4, 0.5) is 4.39 Å². The van der Waals surface area contributed by atoms with Crippen LogP contribution in [0.5, 0.6) is 11.5 Å². The van der Waals surface area contributed by atoms with Gasteiger partial charge in [-0.15, -0.1) is 16.8 Å². The Bertz CT molecular complexity index is 947. The Labute approximate surface area is 172 Å². The minimum absolute atomic E-state index is 0.227. The Morgan fingerprint density at radius 1 is 1.21 bits per heavy atom. The molecule has 28 heavy (non-hydrogen) atoms. The lowest BCUT2D eigenvalue weighted by Gasteiger charge is -2.09. The largest absolute Gasteiger partial charge is 0.494 e. The predicted molar refractivity (Wildman–Crippen MR) is 109 cm³/mol. The van der Waals surface area contributed by atoms with Gasteiger partial charge in [0.2, 0.25) is 0 Å². The fraction of sp³-hybridized carbons (Fsp3) is 0.200. The van der Waals surface area contributed by atoms with Gasteiger partial charge in [0.1, 0.15) is 12.4 Å². The van der Waals surface area contributed by atoms with Gasteiger partial charge >= 0.3 is 0 Å². The SMILES string of the molecule is C=CCn1c(COc2ccc(Cl)cc2)nnc1SCc1ccc(OC)c(F)c1. The molecule has 146 valence electrons. The lowest BCUT2D eigenvalue weighted by molar-refractivity contribution is 0.289. The van der Waals surface area contributed by atoms with Crippen molar-refractivity contribution in [1.82, 2.24) is 14.8 Å². The van der Waals surface area contributed by atoms with Crippen LogP contribution in [0.25, 0.3) is 0 Å². The van der Waals surface area contributed by atoms with Crippen LogP contribution in [0.1, 0.15) is 11.4 Å². The van der Waals surface area contributed by atoms with Gasteiger partial charge in [-0.3, -0.25) is 4.57 Å². The van der Waals surface area contributed by atoms with E-state index in [9.17, 15) is 4.39 Å². The summed E-state index contributed by atoms with van der Waals surface area (Å²) in [6.45, 7) is 4.60. The van der Waals surface area contributed by atoms with E-state index in [1.807, 2.05) is 10.6 Å². The molecule has 0 aliphatic carbocycles. The van der Waals surface area contributed by atoms with Gasteiger partial charge in [0, 0.05) is 17.3 Å². The van der Waals surface area contributed by atoms with Crippen LogP contribution in [0.2, 0.25) is 5.02 Å². The first-order chi connectivity index (χ1) is 13.6. The van der Waals surface area contributed by atoms with E-state index in [4.69, 9.17) is 21.1 Å². The molecule has 8 heteroatoms. The third-order valence-corrected chi connectivity index (χ3v) is 5.16. The summed E-state index contributed by atoms with van der Waals surface area (Å²) >= 11 is 7.35. The summed E-state index contributed by atoms with van der Waals surface area (Å²) < 4.78 is 26.5. The van der Waals surface area contributed by atoms with E-state index in [2.05, 4.69) is 16.8 Å². The summed E-state index contributed by atoms with van der Waals surface area (Å²) in [7, 11) is 1.44. The molecule has 0 saturated carbocycles. The minimum atomic E-state index is -0.384. The second-order valence-electron chi connectivity index (χ2n) is 5.80. The topological polar surface area (TPSA) is 49.2 Å². The third kappa shape index (κ3) is 5.05. The number of halogens is 2. The Hall–Kier alpha value is -2.51. The molecular weight excluding hydrogens is 401 g/mol. The van der Waals surface area contributed by atoms with Crippen molar-refractivity contribution in [3.8, 4) is 11.5 Å². The number of hydrogen-bond acceptors (Lipinski definition) is 5. The summed E-state index contributed by atoms with van der Waals surface area (Å²) in [6.07, 6.45) is 1.77. The number of thioether (sulfide) groups is 1. The third-order valence-electron chi connectivity index (χ3n) is 3.87. The Kier molecular flexibility index (Phi) is 6.95. The van der Waals surface area contributed by atoms with Crippen molar-refractivity contribution in [3.63, 3.8) is 0 Å². The number of rotatable bonds is 9. The zero-order valence-electron chi connectivity index (χ0n) is 15.3. The fourth-order valence-electron chi connectivity index (χ4n) is 2.47. The average Bonchev–Trinajstić information content (AvgIpc) is 3.08. The molecule has 1 heterocycles. The molecule has 0 saturated heterocycles. The van der Waals surface area contributed by atoms with E-state index >= 15 is 0 Å². The lowest BCUT2D eigenvalue weighted by atomic mass is 10.2. The van der Waals surface area contributed by atoms with Crippen LogP contribution in [0.15, 0.2) is 60.3 Å². The molecule has 0 aliphatic rings. The highest BCUT2D eigenvalue weighted by Crippen LogP contribution is 2.25. The van der Waals surface area contributed by atoms with Crippen LogP contribution < -0.4 is 9.47 Å². The van der Waals surface area contributed by atoms with Crippen LogP contribution in [-0.2, 0) is 18.9 Å². The molecule has 0 atom stereocenters. The van der Waals surface area contributed by atoms with Crippen LogP contribution in [0.3, 0.4) is 0 Å². The molecule has 2 aromatic carbocycles. The number of methoxy groups -OCH3 is 1. The van der Waals surface area contributed by atoms with Gasteiger partial charge in [-0.25, -0.2) is 4.39 Å². The second kappa shape index (κ2) is 9.61. The molecule has 0 aliphatic heterocycles. The number of hydrogen-bond donors (Lipinski definition) is 0. The highest BCUT2D eigenvalue weighted by molar-refractivity contribution is 7.98. The van der Waals surface area contributed by atoms with Gasteiger partial charge in [0.25, 0.3) is 0 Å². The van der Waals surface area contributed by atoms with Gasteiger partial charge in [-0.2, -0.15) is 0 Å². The van der Waals surface area contributed by atoms with E-state index in [1.165, 1.54) is 24.9 Å². The quantitative estimate of drug-likeness (QED) is 0.355. The van der Waals surface area contributed by atoms with E-state index in [1.54, 1.807) is 36.4 Å². The summed E-state index contributed by atoms with van der Waals surface area (Å²) in [6, 6.07) is 12.0. The van der Waals surface area contributed by atoms with E-state index in [-0.39, 0.29) is 18.2 Å². The van der Waals surface area contributed by atoms with Crippen LogP contribution >= 0.6 is 23.4 Å². The molecule has 1 aromatic heterocycles. The fourth-order valence-corrected chi connectivity index (χ4v) is 3.51. The molecule has 0 unspecified atom stereocenters. The smallest absolute Gasteiger partial charge is 0.191 e. The van der Waals surface area contributed by atoms with Gasteiger partial charge in [0.05, 0.1) is 7.11 Å². The summed E-state index contributed by atoms with van der Waals surface area (Å²) in [4.78, 5) is 0. The predicted octanol–water partition coefficient (Wildman–Crippen LogP) is 5.14. The van der Waals surface area contributed by atoms with Crippen molar-refractivity contribution in [2.45, 2.75) is 24.1 Å². The monoisotopic (exact) mass is 419 g/mol. The maximum atomic E-state index is 13.9. The van der Waals surface area contributed by atoms with Gasteiger partial charge in [0.15, 0.2) is 22.5 Å². The van der Waals surface area contributed by atoms with E-state index < -0.39 is 0 Å². The standard InChI is InChI=1S/C20H19ClFN3O2S/c1-3-10-25-19(12-27-16-7-5-15(21)6-8-16)23-24-20(25)28-13-14-4-9-18(26-2)17(22)11-14/h3-9,11H,1,10,12-13H2,2H3. The molecule has 0 amide bonds. The molecule has 3 aromatic rings. The maximum Gasteiger partial charge on any atom is 0.191 e. The minimum Gasteiger partial charge on any atom is -0.494 e. The first kappa shape index (κ1) is 20.2. The molecule has 3 rings (SSSR count). The normalized spacial score (nSPS) is 10.7. The zero-order valence-corrected chi connectivity index (χ0v) is 16.8. The molecule has 0 N–H and O–H groups in total. The number of allylic oxidation sites excluding steroid dienone is 1. The molecule has 0 fully saturated rings. The highest BCUT2D eigenvalue weighted by atomic mass is 35.5. The van der Waals surface area contributed by atoms with Crippen LogP contribution in [-0.4, -0.2) is 21.9 Å². The molecule has 5 nitrogen and oxygen atoms in total. The van der Waals surface area contributed by atoms with Crippen molar-refractivity contribution in [1.29, 1.82) is 0 Å². The van der Waals surface area contributed by atoms with Crippen LogP contribution in [0, 0.1) is 5.82 Å². The Morgan fingerprint density at radius 3 is 2.68 bits per heavy atom. The van der Waals surface area contributed by atoms with Crippen molar-refractivity contribution in [2.75, 3.05) is 7.11 Å². The number of ether oxygens (including phenoxy) is 2. The van der Waals surface area contributed by atoms with Crippen molar-refractivity contribution >= 4 is 23.4 Å². The molecular formula is C20H19ClFN3O2S. The number of benzene rings is 2. The van der Waals surface area contributed by atoms with Crippen molar-refractivity contribution < 1.29 is 13.9 Å².